The van der Waals surface area contributed by atoms with Gasteiger partial charge >= 0.3 is 0 Å². The summed E-state index contributed by atoms with van der Waals surface area (Å²) in [6.45, 7) is 10.1. The largest absolute Gasteiger partial charge is 0.476 e. The summed E-state index contributed by atoms with van der Waals surface area (Å²) in [5.41, 5.74) is 2.59. The van der Waals surface area contributed by atoms with Gasteiger partial charge in [0.25, 0.3) is 0 Å². The van der Waals surface area contributed by atoms with E-state index in [0.29, 0.717) is 29.9 Å². The second-order valence-electron chi connectivity index (χ2n) is 7.44. The Labute approximate surface area is 160 Å². The highest BCUT2D eigenvalue weighted by Crippen LogP contribution is 2.27. The molecule has 0 saturated carbocycles. The second-order valence-corrected chi connectivity index (χ2v) is 7.44. The molecule has 0 spiro atoms. The van der Waals surface area contributed by atoms with Gasteiger partial charge in [-0.15, -0.1) is 5.10 Å². The molecule has 27 heavy (non-hydrogen) atoms. The van der Waals surface area contributed by atoms with E-state index in [1.165, 1.54) is 6.33 Å². The minimum absolute atomic E-state index is 0.0429. The molecule has 0 radical (unpaired) electrons. The molecule has 3 heterocycles. The molecule has 1 aliphatic heterocycles. The molecule has 2 aromatic heterocycles. The van der Waals surface area contributed by atoms with Crippen LogP contribution in [0.2, 0.25) is 0 Å². The van der Waals surface area contributed by atoms with Crippen LogP contribution >= 0.6 is 0 Å². The zero-order valence-electron chi connectivity index (χ0n) is 16.6. The lowest BCUT2D eigenvalue weighted by molar-refractivity contribution is 0.213. The molecule has 0 aromatic carbocycles. The molecular formula is C20H28FN5O. The second kappa shape index (κ2) is 8.59. The number of hydrogen-bond donors (Lipinski definition) is 0. The molecule has 0 N–H and O–H groups in total. The van der Waals surface area contributed by atoms with Crippen LogP contribution in [-0.4, -0.2) is 39.9 Å². The van der Waals surface area contributed by atoms with Gasteiger partial charge in [0, 0.05) is 19.2 Å². The summed E-state index contributed by atoms with van der Waals surface area (Å²) in [5, 5.41) is 8.28. The van der Waals surface area contributed by atoms with E-state index in [1.807, 2.05) is 31.7 Å². The van der Waals surface area contributed by atoms with Crippen LogP contribution in [-0.2, 0) is 6.42 Å². The summed E-state index contributed by atoms with van der Waals surface area (Å²) in [5.74, 6) is 1.18. The molecular weight excluding hydrogens is 345 g/mol. The molecule has 0 atom stereocenters. The van der Waals surface area contributed by atoms with Crippen molar-refractivity contribution in [2.24, 2.45) is 5.92 Å². The molecule has 1 saturated heterocycles. The van der Waals surface area contributed by atoms with Crippen LogP contribution in [0.1, 0.15) is 56.5 Å². The van der Waals surface area contributed by atoms with Crippen LogP contribution < -0.4 is 9.64 Å². The molecule has 0 unspecified atom stereocenters. The number of aryl methyl sites for hydroxylation is 2. The van der Waals surface area contributed by atoms with Gasteiger partial charge in [0.05, 0.1) is 18.0 Å². The summed E-state index contributed by atoms with van der Waals surface area (Å²) in [4.78, 5) is 10.3. The Morgan fingerprint density at radius 3 is 2.63 bits per heavy atom. The van der Waals surface area contributed by atoms with Crippen molar-refractivity contribution in [3.63, 3.8) is 0 Å². The fourth-order valence-electron chi connectivity index (χ4n) is 3.41. The lowest BCUT2D eigenvalue weighted by Crippen LogP contribution is -2.37. The average molecular weight is 373 g/mol. The number of ether oxygens (including phenoxy) is 1. The Morgan fingerprint density at radius 1 is 1.22 bits per heavy atom. The fraction of sp³-hybridized carbons (Fsp3) is 0.600. The summed E-state index contributed by atoms with van der Waals surface area (Å²) >= 11 is 0. The first-order chi connectivity index (χ1) is 13.0. The van der Waals surface area contributed by atoms with Crippen molar-refractivity contribution in [3.8, 4) is 5.88 Å². The van der Waals surface area contributed by atoms with Gasteiger partial charge in [0.15, 0.2) is 11.6 Å². The van der Waals surface area contributed by atoms with Gasteiger partial charge in [-0.2, -0.15) is 5.10 Å². The summed E-state index contributed by atoms with van der Waals surface area (Å²) in [7, 11) is 0. The van der Waals surface area contributed by atoms with Crippen molar-refractivity contribution in [1.29, 1.82) is 0 Å². The van der Waals surface area contributed by atoms with Crippen LogP contribution in [0.3, 0.4) is 0 Å². The molecule has 0 bridgehead atoms. The molecule has 7 heteroatoms. The summed E-state index contributed by atoms with van der Waals surface area (Å²) in [6, 6.07) is 1.97. The predicted molar refractivity (Wildman–Crippen MR) is 103 cm³/mol. The molecule has 2 aromatic rings. The Morgan fingerprint density at radius 2 is 1.96 bits per heavy atom. The predicted octanol–water partition coefficient (Wildman–Crippen LogP) is 3.70. The molecule has 6 nitrogen and oxygen atoms in total. The standard InChI is InChI=1S/C20H28FN5O/c1-5-16-10-17(25-24-14(16)4)27-11-15-6-8-26(9-7-15)20-18(21)19(13(2)3)22-12-23-20/h10,12-13,15H,5-9,11H2,1-4H3. The minimum atomic E-state index is -0.288. The van der Waals surface area contributed by atoms with Gasteiger partial charge in [-0.1, -0.05) is 20.8 Å². The maximum absolute atomic E-state index is 14.7. The molecule has 0 amide bonds. The van der Waals surface area contributed by atoms with Crippen LogP contribution in [0.15, 0.2) is 12.4 Å². The van der Waals surface area contributed by atoms with E-state index in [9.17, 15) is 4.39 Å². The van der Waals surface area contributed by atoms with Gasteiger partial charge < -0.3 is 9.64 Å². The first-order valence-corrected chi connectivity index (χ1v) is 9.70. The van der Waals surface area contributed by atoms with Crippen LogP contribution in [0.5, 0.6) is 5.88 Å². The SMILES string of the molecule is CCc1cc(OCC2CCN(c3ncnc(C(C)C)c3F)CC2)nnc1C. The molecule has 0 aliphatic carbocycles. The van der Waals surface area contributed by atoms with Gasteiger partial charge in [-0.05, 0) is 43.6 Å². The van der Waals surface area contributed by atoms with E-state index in [4.69, 9.17) is 4.74 Å². The third-order valence-electron chi connectivity index (χ3n) is 5.17. The Hall–Kier alpha value is -2.31. The molecule has 3 rings (SSSR count). The highest BCUT2D eigenvalue weighted by atomic mass is 19.1. The van der Waals surface area contributed by atoms with Crippen LogP contribution in [0.4, 0.5) is 10.2 Å². The monoisotopic (exact) mass is 373 g/mol. The van der Waals surface area contributed by atoms with Gasteiger partial charge in [0.2, 0.25) is 5.88 Å². The Bertz CT molecular complexity index is 775. The first kappa shape index (κ1) is 19.5. The normalized spacial score (nSPS) is 15.4. The molecule has 1 fully saturated rings. The summed E-state index contributed by atoms with van der Waals surface area (Å²) in [6.07, 6.45) is 4.24. The van der Waals surface area contributed by atoms with Crippen molar-refractivity contribution in [1.82, 2.24) is 20.2 Å². The van der Waals surface area contributed by atoms with Gasteiger partial charge in [-0.25, -0.2) is 14.4 Å². The van der Waals surface area contributed by atoms with Gasteiger partial charge in [-0.3, -0.25) is 0 Å². The van der Waals surface area contributed by atoms with Crippen molar-refractivity contribution in [2.75, 3.05) is 24.6 Å². The van der Waals surface area contributed by atoms with E-state index >= 15 is 0 Å². The van der Waals surface area contributed by atoms with E-state index in [0.717, 1.165) is 43.6 Å². The third-order valence-corrected chi connectivity index (χ3v) is 5.17. The number of aromatic nitrogens is 4. The quantitative estimate of drug-likeness (QED) is 0.769. The number of halogens is 1. The van der Waals surface area contributed by atoms with Crippen molar-refractivity contribution in [2.45, 2.75) is 52.9 Å². The average Bonchev–Trinajstić information content (AvgIpc) is 2.68. The fourth-order valence-corrected chi connectivity index (χ4v) is 3.41. The number of piperidine rings is 1. The third kappa shape index (κ3) is 4.51. The maximum Gasteiger partial charge on any atom is 0.233 e. The van der Waals surface area contributed by atoms with E-state index in [2.05, 4.69) is 27.1 Å². The van der Waals surface area contributed by atoms with Gasteiger partial charge in [0.1, 0.15) is 6.33 Å². The van der Waals surface area contributed by atoms with Crippen molar-refractivity contribution >= 4 is 5.82 Å². The number of nitrogens with zero attached hydrogens (tertiary/aromatic N) is 5. The maximum atomic E-state index is 14.7. The zero-order valence-corrected chi connectivity index (χ0v) is 16.6. The summed E-state index contributed by atoms with van der Waals surface area (Å²) < 4.78 is 20.5. The smallest absolute Gasteiger partial charge is 0.233 e. The highest BCUT2D eigenvalue weighted by Gasteiger charge is 2.25. The van der Waals surface area contributed by atoms with E-state index in [1.54, 1.807) is 0 Å². The zero-order chi connectivity index (χ0) is 19.4. The lowest BCUT2D eigenvalue weighted by atomic mass is 9.97. The molecule has 146 valence electrons. The van der Waals surface area contributed by atoms with Crippen molar-refractivity contribution < 1.29 is 9.13 Å². The number of hydrogen-bond acceptors (Lipinski definition) is 6. The van der Waals surface area contributed by atoms with E-state index in [-0.39, 0.29) is 11.7 Å². The van der Waals surface area contributed by atoms with E-state index < -0.39 is 0 Å². The minimum Gasteiger partial charge on any atom is -0.476 e. The Balaban J connectivity index is 1.56. The lowest BCUT2D eigenvalue weighted by Gasteiger charge is -2.33. The Kier molecular flexibility index (Phi) is 6.19. The highest BCUT2D eigenvalue weighted by molar-refractivity contribution is 5.42. The molecule has 1 aliphatic rings. The van der Waals surface area contributed by atoms with Crippen molar-refractivity contribution in [3.05, 3.63) is 35.2 Å². The topological polar surface area (TPSA) is 64.0 Å². The van der Waals surface area contributed by atoms with Crippen LogP contribution in [0.25, 0.3) is 0 Å². The first-order valence-electron chi connectivity index (χ1n) is 9.70. The number of anilines is 1. The number of rotatable bonds is 6. The van der Waals surface area contributed by atoms with Crippen LogP contribution in [0, 0.1) is 18.7 Å².